The van der Waals surface area contributed by atoms with Gasteiger partial charge in [0.25, 0.3) is 0 Å². The molecular formula is C59H36N4O. The Balaban J connectivity index is 1.10. The Morgan fingerprint density at radius 3 is 1.48 bits per heavy atom. The van der Waals surface area contributed by atoms with Crippen LogP contribution >= 0.6 is 0 Å². The predicted octanol–water partition coefficient (Wildman–Crippen LogP) is 15.5. The molecule has 0 spiro atoms. The SMILES string of the molecule is c1ccc(-c2ccc(-c3nc(-c4ccc(-c5ccccc5)cc4)nc(-c4cc5oc6ccccc6c5cc4-n4c5cc6ccccc6cc5c5c6ccccc6ccc54)n3)cc2)cc1. The molecule has 64 heavy (non-hydrogen) atoms. The minimum Gasteiger partial charge on any atom is -0.456 e. The fourth-order valence-electron chi connectivity index (χ4n) is 9.50. The van der Waals surface area contributed by atoms with Gasteiger partial charge in [-0.25, -0.2) is 15.0 Å². The van der Waals surface area contributed by atoms with E-state index in [9.17, 15) is 0 Å². The maximum atomic E-state index is 6.64. The first-order valence-corrected chi connectivity index (χ1v) is 21.6. The van der Waals surface area contributed by atoms with Gasteiger partial charge in [-0.05, 0) is 80.2 Å². The van der Waals surface area contributed by atoms with Gasteiger partial charge in [-0.1, -0.05) is 182 Å². The minimum atomic E-state index is 0.549. The Bertz CT molecular complexity index is 3830. The van der Waals surface area contributed by atoms with Crippen molar-refractivity contribution in [3.05, 3.63) is 218 Å². The lowest BCUT2D eigenvalue weighted by Crippen LogP contribution is -2.04. The number of furan rings is 1. The van der Waals surface area contributed by atoms with Gasteiger partial charge in [0.1, 0.15) is 11.2 Å². The normalized spacial score (nSPS) is 11.8. The lowest BCUT2D eigenvalue weighted by Gasteiger charge is -2.15. The molecule has 10 aromatic carbocycles. The number of fused-ring (bicyclic) bond motifs is 9. The Morgan fingerprint density at radius 2 is 0.828 bits per heavy atom. The second-order valence-corrected chi connectivity index (χ2v) is 16.4. The maximum absolute atomic E-state index is 6.64. The zero-order valence-corrected chi connectivity index (χ0v) is 34.5. The maximum Gasteiger partial charge on any atom is 0.166 e. The molecule has 298 valence electrons. The first kappa shape index (κ1) is 36.0. The summed E-state index contributed by atoms with van der Waals surface area (Å²) in [6.45, 7) is 0. The highest BCUT2D eigenvalue weighted by Gasteiger charge is 2.23. The number of rotatable bonds is 6. The zero-order chi connectivity index (χ0) is 42.1. The van der Waals surface area contributed by atoms with Gasteiger partial charge in [0.05, 0.1) is 16.7 Å². The van der Waals surface area contributed by atoms with Crippen LogP contribution in [0, 0.1) is 0 Å². The van der Waals surface area contributed by atoms with Crippen molar-refractivity contribution < 1.29 is 4.42 Å². The van der Waals surface area contributed by atoms with Crippen molar-refractivity contribution in [3.63, 3.8) is 0 Å². The van der Waals surface area contributed by atoms with Gasteiger partial charge >= 0.3 is 0 Å². The van der Waals surface area contributed by atoms with Gasteiger partial charge < -0.3 is 8.98 Å². The van der Waals surface area contributed by atoms with E-state index in [1.807, 2.05) is 24.3 Å². The third-order valence-corrected chi connectivity index (χ3v) is 12.6. The number of hydrogen-bond donors (Lipinski definition) is 0. The van der Waals surface area contributed by atoms with Gasteiger partial charge in [-0.3, -0.25) is 0 Å². The van der Waals surface area contributed by atoms with Crippen LogP contribution in [0.4, 0.5) is 0 Å². The summed E-state index contributed by atoms with van der Waals surface area (Å²) in [6, 6.07) is 77.0. The number of hydrogen-bond acceptors (Lipinski definition) is 4. The molecule has 5 heteroatoms. The quantitative estimate of drug-likeness (QED) is 0.168. The van der Waals surface area contributed by atoms with Crippen molar-refractivity contribution in [1.82, 2.24) is 19.5 Å². The molecule has 5 nitrogen and oxygen atoms in total. The van der Waals surface area contributed by atoms with Gasteiger partial charge in [0.2, 0.25) is 0 Å². The molecule has 0 saturated carbocycles. The van der Waals surface area contributed by atoms with Crippen molar-refractivity contribution in [2.75, 3.05) is 0 Å². The Labute approximate surface area is 368 Å². The molecule has 0 bridgehead atoms. The Morgan fingerprint density at radius 1 is 0.312 bits per heavy atom. The molecule has 13 aromatic rings. The fourth-order valence-corrected chi connectivity index (χ4v) is 9.50. The third-order valence-electron chi connectivity index (χ3n) is 12.6. The number of benzene rings is 10. The number of nitrogens with zero attached hydrogens (tertiary/aromatic N) is 4. The summed E-state index contributed by atoms with van der Waals surface area (Å²) in [5, 5.41) is 9.23. The first-order valence-electron chi connectivity index (χ1n) is 21.6. The van der Waals surface area contributed by atoms with E-state index >= 15 is 0 Å². The van der Waals surface area contributed by atoms with Crippen LogP contribution in [0.5, 0.6) is 0 Å². The average molecular weight is 817 g/mol. The molecule has 3 heterocycles. The van der Waals surface area contributed by atoms with Crippen molar-refractivity contribution in [3.8, 4) is 62.1 Å². The van der Waals surface area contributed by atoms with E-state index in [4.69, 9.17) is 19.4 Å². The van der Waals surface area contributed by atoms with E-state index in [-0.39, 0.29) is 0 Å². The van der Waals surface area contributed by atoms with Crippen molar-refractivity contribution in [1.29, 1.82) is 0 Å². The van der Waals surface area contributed by atoms with Crippen LogP contribution in [-0.4, -0.2) is 19.5 Å². The highest BCUT2D eigenvalue weighted by molar-refractivity contribution is 6.23. The molecule has 13 rings (SSSR count). The largest absolute Gasteiger partial charge is 0.456 e. The Kier molecular flexibility index (Phi) is 8.15. The molecular weight excluding hydrogens is 781 g/mol. The second-order valence-electron chi connectivity index (χ2n) is 16.4. The van der Waals surface area contributed by atoms with Crippen molar-refractivity contribution in [2.24, 2.45) is 0 Å². The summed E-state index contributed by atoms with van der Waals surface area (Å²) in [5.74, 6) is 1.72. The highest BCUT2D eigenvalue weighted by atomic mass is 16.3. The smallest absolute Gasteiger partial charge is 0.166 e. The predicted molar refractivity (Wildman–Crippen MR) is 264 cm³/mol. The molecule has 0 aliphatic carbocycles. The van der Waals surface area contributed by atoms with Gasteiger partial charge in [0, 0.05) is 38.2 Å². The molecule has 0 fully saturated rings. The highest BCUT2D eigenvalue weighted by Crippen LogP contribution is 2.43. The number of para-hydroxylation sites is 1. The minimum absolute atomic E-state index is 0.549. The summed E-state index contributed by atoms with van der Waals surface area (Å²) < 4.78 is 9.05. The van der Waals surface area contributed by atoms with Crippen LogP contribution in [0.2, 0.25) is 0 Å². The van der Waals surface area contributed by atoms with Crippen LogP contribution in [0.15, 0.2) is 223 Å². The number of aromatic nitrogens is 4. The third kappa shape index (κ3) is 5.90. The molecule has 0 atom stereocenters. The van der Waals surface area contributed by atoms with Crippen LogP contribution in [0.3, 0.4) is 0 Å². The van der Waals surface area contributed by atoms with Crippen molar-refractivity contribution in [2.45, 2.75) is 0 Å². The van der Waals surface area contributed by atoms with Crippen LogP contribution in [0.1, 0.15) is 0 Å². The molecule has 0 radical (unpaired) electrons. The topological polar surface area (TPSA) is 56.7 Å². The fraction of sp³-hybridized carbons (Fsp3) is 0. The lowest BCUT2D eigenvalue weighted by molar-refractivity contribution is 0.669. The Hall–Kier alpha value is -8.67. The molecule has 3 aromatic heterocycles. The van der Waals surface area contributed by atoms with Crippen molar-refractivity contribution >= 4 is 65.3 Å². The molecule has 0 aliphatic heterocycles. The van der Waals surface area contributed by atoms with E-state index in [0.717, 1.165) is 77.6 Å². The molecule has 0 N–H and O–H groups in total. The summed E-state index contributed by atoms with van der Waals surface area (Å²) in [7, 11) is 0. The van der Waals surface area contributed by atoms with Gasteiger partial charge in [-0.2, -0.15) is 0 Å². The van der Waals surface area contributed by atoms with E-state index in [2.05, 4.69) is 199 Å². The van der Waals surface area contributed by atoms with Crippen LogP contribution in [0.25, 0.3) is 127 Å². The van der Waals surface area contributed by atoms with E-state index in [1.165, 1.54) is 32.3 Å². The average Bonchev–Trinajstić information content (AvgIpc) is 3.90. The van der Waals surface area contributed by atoms with Crippen LogP contribution < -0.4 is 0 Å². The summed E-state index contributed by atoms with van der Waals surface area (Å²) in [6.07, 6.45) is 0. The monoisotopic (exact) mass is 816 g/mol. The molecule has 0 amide bonds. The van der Waals surface area contributed by atoms with Crippen LogP contribution in [-0.2, 0) is 0 Å². The first-order chi connectivity index (χ1) is 31.7. The lowest BCUT2D eigenvalue weighted by atomic mass is 10.0. The van der Waals surface area contributed by atoms with E-state index in [0.29, 0.717) is 17.5 Å². The second kappa shape index (κ2) is 14.5. The summed E-state index contributed by atoms with van der Waals surface area (Å²) in [4.78, 5) is 16.0. The summed E-state index contributed by atoms with van der Waals surface area (Å²) in [5.41, 5.74) is 11.9. The zero-order valence-electron chi connectivity index (χ0n) is 34.5. The van der Waals surface area contributed by atoms with Gasteiger partial charge in [-0.15, -0.1) is 0 Å². The standard InChI is InChI=1S/C59H36N4O/c1-3-13-37(14-4-1)39-23-27-42(28-24-39)57-60-58(43-29-25-40(26-30-43)38-15-5-2-6-16-38)62-59(61-57)50-36-55-48(47-21-11-12-22-54(47)64-55)35-53(50)63-51-32-31-41-17-9-10-20-46(41)56(51)49-33-44-18-7-8-19-45(44)34-52(49)63/h1-36H. The van der Waals surface area contributed by atoms with E-state index < -0.39 is 0 Å². The summed E-state index contributed by atoms with van der Waals surface area (Å²) >= 11 is 0. The molecule has 0 saturated heterocycles. The molecule has 0 aliphatic rings. The van der Waals surface area contributed by atoms with E-state index in [1.54, 1.807) is 0 Å². The van der Waals surface area contributed by atoms with Gasteiger partial charge in [0.15, 0.2) is 17.5 Å². The molecule has 0 unspecified atom stereocenters.